The molecule has 0 bridgehead atoms. The molecule has 2 N–H and O–H groups in total. The first kappa shape index (κ1) is 10.2. The summed E-state index contributed by atoms with van der Waals surface area (Å²) in [5, 5.41) is 3.70. The number of aromatic nitrogens is 2. The van der Waals surface area contributed by atoms with E-state index in [-0.39, 0.29) is 24.1 Å². The molecule has 0 amide bonds. The molecule has 2 aromatic rings. The second-order valence-electron chi connectivity index (χ2n) is 3.72. The molecule has 2 heterocycles. The lowest BCUT2D eigenvalue weighted by molar-refractivity contribution is 0.357. The summed E-state index contributed by atoms with van der Waals surface area (Å²) < 4.78 is 24.3. The van der Waals surface area contributed by atoms with E-state index in [1.807, 2.05) is 0 Å². The molecule has 6 heteroatoms. The molecule has 0 radical (unpaired) electrons. The van der Waals surface area contributed by atoms with Crippen molar-refractivity contribution < 1.29 is 13.7 Å². The molecule has 1 aromatic carbocycles. The second kappa shape index (κ2) is 3.81. The fourth-order valence-corrected chi connectivity index (χ4v) is 1.85. The number of halogens is 1. The third-order valence-electron chi connectivity index (χ3n) is 2.69. The van der Waals surface area contributed by atoms with Gasteiger partial charge in [-0.2, -0.15) is 4.98 Å². The van der Waals surface area contributed by atoms with Gasteiger partial charge in [0.15, 0.2) is 0 Å². The van der Waals surface area contributed by atoms with Gasteiger partial charge in [0.25, 0.3) is 0 Å². The van der Waals surface area contributed by atoms with Gasteiger partial charge in [-0.25, -0.2) is 4.39 Å². The van der Waals surface area contributed by atoms with Crippen LogP contribution in [0.2, 0.25) is 0 Å². The van der Waals surface area contributed by atoms with Gasteiger partial charge in [0.1, 0.15) is 11.6 Å². The monoisotopic (exact) mass is 235 g/mol. The molecule has 5 nitrogen and oxygen atoms in total. The predicted molar refractivity (Wildman–Crippen MR) is 56.8 cm³/mol. The Labute approximate surface area is 96.4 Å². The summed E-state index contributed by atoms with van der Waals surface area (Å²) in [6, 6.07) is 3.31. The molecule has 0 spiro atoms. The maximum atomic E-state index is 14.1. The molecule has 0 fully saturated rings. The zero-order valence-electron chi connectivity index (χ0n) is 8.94. The summed E-state index contributed by atoms with van der Waals surface area (Å²) >= 11 is 0. The number of nitrogens with zero attached hydrogens (tertiary/aromatic N) is 2. The standard InChI is InChI=1S/C11H10FN3O2/c12-10-6-3-4-16-8(6)2-1-7(10)11-14-9(5-13)17-15-11/h1-2H,3-5,13H2. The molecule has 0 atom stereocenters. The van der Waals surface area contributed by atoms with E-state index in [0.717, 1.165) is 0 Å². The molecule has 17 heavy (non-hydrogen) atoms. The number of fused-ring (bicyclic) bond motifs is 1. The van der Waals surface area contributed by atoms with Crippen LogP contribution in [0.5, 0.6) is 5.75 Å². The van der Waals surface area contributed by atoms with Gasteiger partial charge in [0.05, 0.1) is 18.7 Å². The van der Waals surface area contributed by atoms with Crippen LogP contribution in [0.3, 0.4) is 0 Å². The largest absolute Gasteiger partial charge is 0.493 e. The van der Waals surface area contributed by atoms with E-state index in [1.165, 1.54) is 0 Å². The smallest absolute Gasteiger partial charge is 0.240 e. The Morgan fingerprint density at radius 1 is 1.41 bits per heavy atom. The van der Waals surface area contributed by atoms with E-state index in [1.54, 1.807) is 12.1 Å². The molecule has 1 aliphatic heterocycles. The molecule has 0 saturated carbocycles. The first-order chi connectivity index (χ1) is 8.29. The van der Waals surface area contributed by atoms with E-state index in [2.05, 4.69) is 10.1 Å². The third kappa shape index (κ3) is 1.57. The Morgan fingerprint density at radius 3 is 3.06 bits per heavy atom. The molecule has 3 rings (SSSR count). The highest BCUT2D eigenvalue weighted by Crippen LogP contribution is 2.33. The van der Waals surface area contributed by atoms with Crippen molar-refractivity contribution in [3.05, 3.63) is 29.4 Å². The van der Waals surface area contributed by atoms with Gasteiger partial charge in [-0.05, 0) is 12.1 Å². The normalized spacial score (nSPS) is 13.5. The summed E-state index contributed by atoms with van der Waals surface area (Å²) in [5.74, 6) is 0.756. The van der Waals surface area contributed by atoms with Gasteiger partial charge < -0.3 is 15.0 Å². The van der Waals surface area contributed by atoms with Crippen LogP contribution in [0.15, 0.2) is 16.7 Å². The van der Waals surface area contributed by atoms with Crippen molar-refractivity contribution in [3.8, 4) is 17.1 Å². The molecule has 1 aromatic heterocycles. The van der Waals surface area contributed by atoms with Crippen LogP contribution in [-0.4, -0.2) is 16.7 Å². The van der Waals surface area contributed by atoms with Crippen molar-refractivity contribution in [1.82, 2.24) is 10.1 Å². The van der Waals surface area contributed by atoms with E-state index in [0.29, 0.717) is 29.9 Å². The summed E-state index contributed by atoms with van der Waals surface area (Å²) in [7, 11) is 0. The van der Waals surface area contributed by atoms with Crippen LogP contribution in [0, 0.1) is 5.82 Å². The SMILES string of the molecule is NCc1nc(-c2ccc3c(c2F)CCO3)no1. The average Bonchev–Trinajstić information content (AvgIpc) is 2.97. The molecule has 0 unspecified atom stereocenters. The van der Waals surface area contributed by atoms with Crippen LogP contribution in [-0.2, 0) is 13.0 Å². The maximum Gasteiger partial charge on any atom is 0.240 e. The number of nitrogens with two attached hydrogens (primary N) is 1. The third-order valence-corrected chi connectivity index (χ3v) is 2.69. The molecule has 1 aliphatic rings. The van der Waals surface area contributed by atoms with E-state index >= 15 is 0 Å². The van der Waals surface area contributed by atoms with Gasteiger partial charge in [0.2, 0.25) is 11.7 Å². The molecular weight excluding hydrogens is 225 g/mol. The van der Waals surface area contributed by atoms with Crippen molar-refractivity contribution in [2.24, 2.45) is 5.73 Å². The van der Waals surface area contributed by atoms with Crippen LogP contribution >= 0.6 is 0 Å². The maximum absolute atomic E-state index is 14.1. The van der Waals surface area contributed by atoms with Crippen molar-refractivity contribution >= 4 is 0 Å². The van der Waals surface area contributed by atoms with Crippen LogP contribution in [0.25, 0.3) is 11.4 Å². The van der Waals surface area contributed by atoms with Crippen LogP contribution < -0.4 is 10.5 Å². The van der Waals surface area contributed by atoms with E-state index < -0.39 is 0 Å². The second-order valence-corrected chi connectivity index (χ2v) is 3.72. The van der Waals surface area contributed by atoms with Crippen molar-refractivity contribution in [2.45, 2.75) is 13.0 Å². The molecular formula is C11H10FN3O2. The van der Waals surface area contributed by atoms with Gasteiger partial charge in [-0.15, -0.1) is 0 Å². The lowest BCUT2D eigenvalue weighted by Crippen LogP contribution is -1.96. The Hall–Kier alpha value is -1.95. The fourth-order valence-electron chi connectivity index (χ4n) is 1.85. The minimum atomic E-state index is -0.343. The van der Waals surface area contributed by atoms with Gasteiger partial charge in [-0.3, -0.25) is 0 Å². The first-order valence-corrected chi connectivity index (χ1v) is 5.27. The summed E-state index contributed by atoms with van der Waals surface area (Å²) in [6.07, 6.45) is 0.566. The number of hydrogen-bond acceptors (Lipinski definition) is 5. The van der Waals surface area contributed by atoms with Gasteiger partial charge in [-0.1, -0.05) is 5.16 Å². The van der Waals surface area contributed by atoms with Crippen LogP contribution in [0.4, 0.5) is 4.39 Å². The summed E-state index contributed by atoms with van der Waals surface area (Å²) in [5.41, 5.74) is 6.25. The minimum absolute atomic E-state index is 0.142. The molecule has 88 valence electrons. The molecule has 0 aliphatic carbocycles. The van der Waals surface area contributed by atoms with Crippen LogP contribution in [0.1, 0.15) is 11.5 Å². The average molecular weight is 235 g/mol. The highest BCUT2D eigenvalue weighted by molar-refractivity contribution is 5.60. The summed E-state index contributed by atoms with van der Waals surface area (Å²) in [4.78, 5) is 4.00. The topological polar surface area (TPSA) is 74.2 Å². The van der Waals surface area contributed by atoms with Crippen molar-refractivity contribution in [3.63, 3.8) is 0 Å². The number of hydrogen-bond donors (Lipinski definition) is 1. The lowest BCUT2D eigenvalue weighted by Gasteiger charge is -2.02. The highest BCUT2D eigenvalue weighted by Gasteiger charge is 2.22. The Bertz CT molecular complexity index is 568. The predicted octanol–water partition coefficient (Wildman–Crippen LogP) is 1.27. The quantitative estimate of drug-likeness (QED) is 0.848. The van der Waals surface area contributed by atoms with Gasteiger partial charge >= 0.3 is 0 Å². The lowest BCUT2D eigenvalue weighted by atomic mass is 10.1. The molecule has 0 saturated heterocycles. The van der Waals surface area contributed by atoms with Crippen molar-refractivity contribution in [2.75, 3.05) is 6.61 Å². The number of rotatable bonds is 2. The number of ether oxygens (including phenoxy) is 1. The Kier molecular flexibility index (Phi) is 2.29. The Balaban J connectivity index is 2.09. The van der Waals surface area contributed by atoms with E-state index in [4.69, 9.17) is 15.0 Å². The minimum Gasteiger partial charge on any atom is -0.493 e. The van der Waals surface area contributed by atoms with Gasteiger partial charge in [0, 0.05) is 12.0 Å². The zero-order chi connectivity index (χ0) is 11.8. The summed E-state index contributed by atoms with van der Waals surface area (Å²) in [6.45, 7) is 0.651. The Morgan fingerprint density at radius 2 is 2.29 bits per heavy atom. The first-order valence-electron chi connectivity index (χ1n) is 5.27. The zero-order valence-corrected chi connectivity index (χ0v) is 8.94. The highest BCUT2D eigenvalue weighted by atomic mass is 19.1. The van der Waals surface area contributed by atoms with E-state index in [9.17, 15) is 4.39 Å². The number of benzene rings is 1. The fraction of sp³-hybridized carbons (Fsp3) is 0.273. The van der Waals surface area contributed by atoms with Crippen molar-refractivity contribution in [1.29, 1.82) is 0 Å².